The summed E-state index contributed by atoms with van der Waals surface area (Å²) >= 11 is 0. The van der Waals surface area contributed by atoms with Gasteiger partial charge in [-0.3, -0.25) is 0 Å². The zero-order chi connectivity index (χ0) is 11.4. The highest BCUT2D eigenvalue weighted by Gasteiger charge is 2.06. The predicted octanol–water partition coefficient (Wildman–Crippen LogP) is 0.170. The Bertz CT molecular complexity index is 484. The second-order valence-electron chi connectivity index (χ2n) is 2.77. The van der Waals surface area contributed by atoms with E-state index in [4.69, 9.17) is 5.11 Å². The molecule has 2 rings (SSSR count). The molecule has 0 aliphatic rings. The van der Waals surface area contributed by atoms with Gasteiger partial charge in [-0.1, -0.05) is 5.16 Å². The molecule has 2 N–H and O–H groups in total. The molecule has 8 nitrogen and oxygen atoms in total. The molecule has 0 aliphatic carbocycles. The molecular weight excluding hydrogens is 214 g/mol. The number of nitrogens with one attached hydrogen (secondary N) is 1. The number of anilines is 1. The van der Waals surface area contributed by atoms with Crippen LogP contribution in [0.25, 0.3) is 0 Å². The third-order valence-corrected chi connectivity index (χ3v) is 1.69. The van der Waals surface area contributed by atoms with Crippen LogP contribution in [0.3, 0.4) is 0 Å². The van der Waals surface area contributed by atoms with Crippen molar-refractivity contribution in [1.29, 1.82) is 0 Å². The minimum Gasteiger partial charge on any atom is -0.477 e. The average molecular weight is 221 g/mol. The number of carboxylic acid groups (broad SMARTS) is 1. The molecule has 0 aromatic carbocycles. The normalized spacial score (nSPS) is 10.0. The Labute approximate surface area is 89.3 Å². The van der Waals surface area contributed by atoms with Gasteiger partial charge < -0.3 is 14.9 Å². The van der Waals surface area contributed by atoms with Crippen LogP contribution < -0.4 is 5.32 Å². The molecule has 0 saturated heterocycles. The predicted molar refractivity (Wildman–Crippen MR) is 50.6 cm³/mol. The van der Waals surface area contributed by atoms with Crippen LogP contribution in [0.15, 0.2) is 23.2 Å². The Hall–Kier alpha value is -2.51. The van der Waals surface area contributed by atoms with Gasteiger partial charge in [-0.15, -0.1) is 0 Å². The highest BCUT2D eigenvalue weighted by Crippen LogP contribution is 2.01. The van der Waals surface area contributed by atoms with E-state index in [-0.39, 0.29) is 18.2 Å². The summed E-state index contributed by atoms with van der Waals surface area (Å²) in [5.41, 5.74) is -0.0781. The van der Waals surface area contributed by atoms with Crippen molar-refractivity contribution in [3.05, 3.63) is 30.2 Å². The summed E-state index contributed by atoms with van der Waals surface area (Å²) in [5.74, 6) is -0.473. The fourth-order valence-electron chi connectivity index (χ4n) is 0.991. The van der Waals surface area contributed by atoms with Crippen molar-refractivity contribution in [3.8, 4) is 0 Å². The Morgan fingerprint density at radius 2 is 2.38 bits per heavy atom. The molecule has 2 aromatic heterocycles. The Morgan fingerprint density at radius 3 is 3.06 bits per heavy atom. The number of carbonyl (C=O) groups is 1. The fourth-order valence-corrected chi connectivity index (χ4v) is 0.991. The van der Waals surface area contributed by atoms with E-state index in [1.54, 1.807) is 0 Å². The second-order valence-corrected chi connectivity index (χ2v) is 2.77. The largest absolute Gasteiger partial charge is 0.477 e. The van der Waals surface area contributed by atoms with Crippen LogP contribution in [-0.4, -0.2) is 31.2 Å². The first kappa shape index (κ1) is 10.0. The van der Waals surface area contributed by atoms with E-state index in [0.717, 1.165) is 0 Å². The van der Waals surface area contributed by atoms with Gasteiger partial charge in [0.05, 0.1) is 6.54 Å². The number of hydrogen-bond donors (Lipinski definition) is 2. The SMILES string of the molecule is O=C(O)c1ccnc(NCc2ncon2)n1. The van der Waals surface area contributed by atoms with Crippen molar-refractivity contribution < 1.29 is 14.4 Å². The van der Waals surface area contributed by atoms with Gasteiger partial charge >= 0.3 is 5.97 Å². The Morgan fingerprint density at radius 1 is 1.50 bits per heavy atom. The maximum absolute atomic E-state index is 10.6. The standard InChI is InChI=1S/C8H7N5O3/c14-7(15)5-1-2-9-8(12-5)10-3-6-11-4-16-13-6/h1-2,4H,3H2,(H,14,15)(H,9,10,12). The van der Waals surface area contributed by atoms with Crippen LogP contribution in [0.1, 0.15) is 16.3 Å². The molecular formula is C8H7N5O3. The summed E-state index contributed by atoms with van der Waals surface area (Å²) in [7, 11) is 0. The van der Waals surface area contributed by atoms with Crippen LogP contribution in [0.2, 0.25) is 0 Å². The monoisotopic (exact) mass is 221 g/mol. The zero-order valence-electron chi connectivity index (χ0n) is 7.99. The summed E-state index contributed by atoms with van der Waals surface area (Å²) in [6.45, 7) is 0.263. The van der Waals surface area contributed by atoms with Crippen molar-refractivity contribution in [2.24, 2.45) is 0 Å². The zero-order valence-corrected chi connectivity index (χ0v) is 7.99. The lowest BCUT2D eigenvalue weighted by molar-refractivity contribution is 0.0690. The molecule has 2 aromatic rings. The summed E-state index contributed by atoms with van der Waals surface area (Å²) in [6.07, 6.45) is 2.56. The van der Waals surface area contributed by atoms with Gasteiger partial charge in [-0.25, -0.2) is 14.8 Å². The van der Waals surface area contributed by atoms with Crippen LogP contribution in [-0.2, 0) is 6.54 Å². The molecule has 0 fully saturated rings. The van der Waals surface area contributed by atoms with Crippen molar-refractivity contribution in [2.45, 2.75) is 6.54 Å². The molecule has 16 heavy (non-hydrogen) atoms. The van der Waals surface area contributed by atoms with E-state index in [0.29, 0.717) is 5.82 Å². The van der Waals surface area contributed by atoms with E-state index in [9.17, 15) is 4.79 Å². The lowest BCUT2D eigenvalue weighted by Gasteiger charge is -2.01. The van der Waals surface area contributed by atoms with Gasteiger partial charge in [-0.05, 0) is 6.07 Å². The number of nitrogens with zero attached hydrogens (tertiary/aromatic N) is 4. The molecule has 0 atom stereocenters. The first-order valence-corrected chi connectivity index (χ1v) is 4.31. The number of carboxylic acids is 1. The molecule has 0 spiro atoms. The maximum Gasteiger partial charge on any atom is 0.354 e. The molecule has 0 aliphatic heterocycles. The van der Waals surface area contributed by atoms with Gasteiger partial charge in [0.15, 0.2) is 11.5 Å². The third-order valence-electron chi connectivity index (χ3n) is 1.69. The van der Waals surface area contributed by atoms with Crippen molar-refractivity contribution >= 4 is 11.9 Å². The van der Waals surface area contributed by atoms with E-state index in [1.807, 2.05) is 0 Å². The summed E-state index contributed by atoms with van der Waals surface area (Å²) in [6, 6.07) is 1.31. The molecule has 8 heteroatoms. The van der Waals surface area contributed by atoms with Gasteiger partial charge in [0.25, 0.3) is 0 Å². The number of rotatable bonds is 4. The Balaban J connectivity index is 2.04. The van der Waals surface area contributed by atoms with E-state index in [2.05, 4.69) is 29.9 Å². The van der Waals surface area contributed by atoms with Gasteiger partial charge in [0.2, 0.25) is 12.3 Å². The minimum atomic E-state index is -1.11. The molecule has 0 radical (unpaired) electrons. The van der Waals surface area contributed by atoms with Crippen molar-refractivity contribution in [2.75, 3.05) is 5.32 Å². The first-order valence-electron chi connectivity index (χ1n) is 4.31. The smallest absolute Gasteiger partial charge is 0.354 e. The van der Waals surface area contributed by atoms with E-state index in [1.165, 1.54) is 18.7 Å². The van der Waals surface area contributed by atoms with Crippen LogP contribution in [0.4, 0.5) is 5.95 Å². The highest BCUT2D eigenvalue weighted by atomic mass is 16.5. The summed E-state index contributed by atoms with van der Waals surface area (Å²) < 4.78 is 4.53. The topological polar surface area (TPSA) is 114 Å². The maximum atomic E-state index is 10.6. The molecule has 82 valence electrons. The summed E-state index contributed by atoms with van der Waals surface area (Å²) in [4.78, 5) is 22.0. The van der Waals surface area contributed by atoms with E-state index < -0.39 is 5.97 Å². The van der Waals surface area contributed by atoms with E-state index >= 15 is 0 Å². The van der Waals surface area contributed by atoms with Gasteiger partial charge in [-0.2, -0.15) is 4.98 Å². The first-order chi connectivity index (χ1) is 7.75. The van der Waals surface area contributed by atoms with Crippen molar-refractivity contribution in [3.63, 3.8) is 0 Å². The lowest BCUT2D eigenvalue weighted by atomic mass is 10.4. The number of hydrogen-bond acceptors (Lipinski definition) is 7. The summed E-state index contributed by atoms with van der Waals surface area (Å²) in [5, 5.41) is 15.0. The van der Waals surface area contributed by atoms with Crippen LogP contribution in [0, 0.1) is 0 Å². The molecule has 0 unspecified atom stereocenters. The Kier molecular flexibility index (Phi) is 2.72. The quantitative estimate of drug-likeness (QED) is 0.750. The lowest BCUT2D eigenvalue weighted by Crippen LogP contribution is -2.08. The van der Waals surface area contributed by atoms with Gasteiger partial charge in [0.1, 0.15) is 0 Å². The molecule has 0 bridgehead atoms. The second kappa shape index (κ2) is 4.34. The minimum absolute atomic E-state index is 0.0781. The fraction of sp³-hybridized carbons (Fsp3) is 0.125. The third kappa shape index (κ3) is 2.29. The molecule has 2 heterocycles. The number of aromatic nitrogens is 4. The van der Waals surface area contributed by atoms with Crippen LogP contribution in [0.5, 0.6) is 0 Å². The molecule has 0 saturated carbocycles. The number of aromatic carboxylic acids is 1. The highest BCUT2D eigenvalue weighted by molar-refractivity contribution is 5.85. The molecule has 0 amide bonds. The van der Waals surface area contributed by atoms with Gasteiger partial charge in [0, 0.05) is 6.20 Å². The van der Waals surface area contributed by atoms with Crippen LogP contribution >= 0.6 is 0 Å². The van der Waals surface area contributed by atoms with Crippen molar-refractivity contribution in [1.82, 2.24) is 20.1 Å². The average Bonchev–Trinajstić information content (AvgIpc) is 2.79.